The largest absolute Gasteiger partial charge is 0.488 e. The molecule has 6 heteroatoms. The van der Waals surface area contributed by atoms with Crippen LogP contribution in [0.1, 0.15) is 11.3 Å². The van der Waals surface area contributed by atoms with Crippen LogP contribution in [-0.2, 0) is 6.54 Å². The first-order chi connectivity index (χ1) is 8.06. The van der Waals surface area contributed by atoms with E-state index in [-0.39, 0.29) is 0 Å². The molecular weight excluding hydrogens is 238 g/mol. The number of rotatable bonds is 3. The molecule has 2 rings (SSSR count). The lowest BCUT2D eigenvalue weighted by Gasteiger charge is -2.03. The van der Waals surface area contributed by atoms with E-state index in [1.54, 1.807) is 23.0 Å². The predicted octanol–water partition coefficient (Wildman–Crippen LogP) is 0.573. The first kappa shape index (κ1) is 12.2. The molecule has 17 heavy (non-hydrogen) atoms. The molecule has 0 fully saturated rings. The molecule has 0 atom stereocenters. The van der Waals surface area contributed by atoms with Gasteiger partial charge in [0.25, 0.3) is 0 Å². The molecule has 0 saturated heterocycles. The molecule has 2 aromatic rings. The second kappa shape index (κ2) is 4.92. The fourth-order valence-electron chi connectivity index (χ4n) is 1.56. The SMILES string of the molecule is Cc1nn(Cc2ccc(B(O)O)cc2)cc1Cl. The van der Waals surface area contributed by atoms with Crippen LogP contribution in [0.25, 0.3) is 0 Å². The smallest absolute Gasteiger partial charge is 0.423 e. The summed E-state index contributed by atoms with van der Waals surface area (Å²) < 4.78 is 1.75. The van der Waals surface area contributed by atoms with E-state index < -0.39 is 7.12 Å². The fraction of sp³-hybridized carbons (Fsp3) is 0.182. The Bertz CT molecular complexity index is 491. The highest BCUT2D eigenvalue weighted by Crippen LogP contribution is 2.13. The van der Waals surface area contributed by atoms with Crippen molar-refractivity contribution in [3.05, 3.63) is 46.7 Å². The quantitative estimate of drug-likeness (QED) is 0.783. The zero-order valence-electron chi connectivity index (χ0n) is 9.34. The molecular formula is C11H12BClN2O2. The minimum atomic E-state index is -1.43. The number of aromatic nitrogens is 2. The Balaban J connectivity index is 2.13. The molecule has 0 bridgehead atoms. The van der Waals surface area contributed by atoms with Crippen molar-refractivity contribution in [1.29, 1.82) is 0 Å². The maximum atomic E-state index is 8.96. The van der Waals surface area contributed by atoms with Crippen LogP contribution in [-0.4, -0.2) is 26.9 Å². The van der Waals surface area contributed by atoms with E-state index in [0.29, 0.717) is 17.0 Å². The van der Waals surface area contributed by atoms with Crippen LogP contribution in [0.3, 0.4) is 0 Å². The first-order valence-electron chi connectivity index (χ1n) is 5.21. The Morgan fingerprint density at radius 1 is 1.29 bits per heavy atom. The molecule has 0 spiro atoms. The lowest BCUT2D eigenvalue weighted by molar-refractivity contribution is 0.426. The van der Waals surface area contributed by atoms with Crippen molar-refractivity contribution in [2.45, 2.75) is 13.5 Å². The maximum absolute atomic E-state index is 8.96. The summed E-state index contributed by atoms with van der Waals surface area (Å²) in [4.78, 5) is 0. The summed E-state index contributed by atoms with van der Waals surface area (Å²) >= 11 is 5.91. The molecule has 1 aromatic carbocycles. The van der Waals surface area contributed by atoms with Gasteiger partial charge in [-0.05, 0) is 17.9 Å². The van der Waals surface area contributed by atoms with Gasteiger partial charge >= 0.3 is 7.12 Å². The zero-order chi connectivity index (χ0) is 12.4. The van der Waals surface area contributed by atoms with Crippen molar-refractivity contribution in [3.8, 4) is 0 Å². The van der Waals surface area contributed by atoms with Gasteiger partial charge in [0, 0.05) is 6.20 Å². The van der Waals surface area contributed by atoms with Crippen LogP contribution in [0.2, 0.25) is 5.02 Å². The van der Waals surface area contributed by atoms with Crippen molar-refractivity contribution >= 4 is 24.2 Å². The number of hydrogen-bond acceptors (Lipinski definition) is 3. The molecule has 88 valence electrons. The Kier molecular flexibility index (Phi) is 3.52. The predicted molar refractivity (Wildman–Crippen MR) is 67.3 cm³/mol. The lowest BCUT2D eigenvalue weighted by Crippen LogP contribution is -2.29. The van der Waals surface area contributed by atoms with E-state index in [9.17, 15) is 0 Å². The lowest BCUT2D eigenvalue weighted by atomic mass is 9.80. The van der Waals surface area contributed by atoms with Gasteiger partial charge < -0.3 is 10.0 Å². The number of nitrogens with zero attached hydrogens (tertiary/aromatic N) is 2. The molecule has 2 N–H and O–H groups in total. The van der Waals surface area contributed by atoms with Crippen molar-refractivity contribution in [1.82, 2.24) is 9.78 Å². The van der Waals surface area contributed by atoms with Gasteiger partial charge in [-0.3, -0.25) is 4.68 Å². The summed E-state index contributed by atoms with van der Waals surface area (Å²) in [5.41, 5.74) is 2.30. The van der Waals surface area contributed by atoms with Crippen molar-refractivity contribution < 1.29 is 10.0 Å². The minimum absolute atomic E-state index is 0.475. The summed E-state index contributed by atoms with van der Waals surface area (Å²) in [5, 5.41) is 22.8. The summed E-state index contributed by atoms with van der Waals surface area (Å²) in [5.74, 6) is 0. The molecule has 0 radical (unpaired) electrons. The van der Waals surface area contributed by atoms with Gasteiger partial charge in [-0.15, -0.1) is 0 Å². The minimum Gasteiger partial charge on any atom is -0.423 e. The monoisotopic (exact) mass is 250 g/mol. The van der Waals surface area contributed by atoms with Gasteiger partial charge in [0.15, 0.2) is 0 Å². The third-order valence-electron chi connectivity index (χ3n) is 2.51. The normalized spacial score (nSPS) is 10.6. The van der Waals surface area contributed by atoms with Gasteiger partial charge in [-0.1, -0.05) is 35.9 Å². The molecule has 0 amide bonds. The van der Waals surface area contributed by atoms with Gasteiger partial charge in [0.1, 0.15) is 0 Å². The number of hydrogen-bond donors (Lipinski definition) is 2. The first-order valence-corrected chi connectivity index (χ1v) is 5.58. The topological polar surface area (TPSA) is 58.3 Å². The zero-order valence-corrected chi connectivity index (χ0v) is 10.1. The number of aryl methyl sites for hydroxylation is 1. The van der Waals surface area contributed by atoms with Crippen LogP contribution >= 0.6 is 11.6 Å². The van der Waals surface area contributed by atoms with Crippen LogP contribution < -0.4 is 5.46 Å². The molecule has 0 saturated carbocycles. The Morgan fingerprint density at radius 3 is 2.41 bits per heavy atom. The third-order valence-corrected chi connectivity index (χ3v) is 2.88. The highest BCUT2D eigenvalue weighted by atomic mass is 35.5. The fourth-order valence-corrected chi connectivity index (χ4v) is 1.71. The molecule has 0 unspecified atom stereocenters. The average molecular weight is 250 g/mol. The summed E-state index contributed by atoms with van der Waals surface area (Å²) in [7, 11) is -1.43. The van der Waals surface area contributed by atoms with E-state index in [1.807, 2.05) is 19.1 Å². The average Bonchev–Trinajstić information content (AvgIpc) is 2.58. The highest BCUT2D eigenvalue weighted by Gasteiger charge is 2.10. The van der Waals surface area contributed by atoms with Gasteiger partial charge in [0.05, 0.1) is 17.3 Å². The van der Waals surface area contributed by atoms with Crippen LogP contribution in [0.4, 0.5) is 0 Å². The number of halogens is 1. The van der Waals surface area contributed by atoms with E-state index in [0.717, 1.165) is 11.3 Å². The van der Waals surface area contributed by atoms with Gasteiger partial charge in [-0.25, -0.2) is 0 Å². The Hall–Kier alpha value is -1.30. The van der Waals surface area contributed by atoms with Crippen molar-refractivity contribution in [2.75, 3.05) is 0 Å². The van der Waals surface area contributed by atoms with Crippen molar-refractivity contribution in [2.24, 2.45) is 0 Å². The van der Waals surface area contributed by atoms with E-state index in [2.05, 4.69) is 5.10 Å². The van der Waals surface area contributed by atoms with Crippen LogP contribution in [0.15, 0.2) is 30.5 Å². The molecule has 0 aliphatic carbocycles. The summed E-state index contributed by atoms with van der Waals surface area (Å²) in [6.45, 7) is 2.46. The number of benzene rings is 1. The molecule has 0 aliphatic heterocycles. The maximum Gasteiger partial charge on any atom is 0.488 e. The standard InChI is InChI=1S/C11H12BClN2O2/c1-8-11(13)7-15(14-8)6-9-2-4-10(5-3-9)12(16)17/h2-5,7,16-17H,6H2,1H3. The highest BCUT2D eigenvalue weighted by molar-refractivity contribution is 6.58. The van der Waals surface area contributed by atoms with Crippen LogP contribution in [0, 0.1) is 6.92 Å². The van der Waals surface area contributed by atoms with E-state index in [4.69, 9.17) is 21.6 Å². The Morgan fingerprint density at radius 2 is 1.94 bits per heavy atom. The van der Waals surface area contributed by atoms with Gasteiger partial charge in [0.2, 0.25) is 0 Å². The van der Waals surface area contributed by atoms with E-state index in [1.165, 1.54) is 0 Å². The van der Waals surface area contributed by atoms with Crippen LogP contribution in [0.5, 0.6) is 0 Å². The summed E-state index contributed by atoms with van der Waals surface area (Å²) in [6, 6.07) is 7.02. The second-order valence-electron chi connectivity index (χ2n) is 3.88. The molecule has 4 nitrogen and oxygen atoms in total. The molecule has 1 aromatic heterocycles. The molecule has 0 aliphatic rings. The third kappa shape index (κ3) is 2.88. The Labute approximate surface area is 105 Å². The molecule has 1 heterocycles. The van der Waals surface area contributed by atoms with Gasteiger partial charge in [-0.2, -0.15) is 5.10 Å². The summed E-state index contributed by atoms with van der Waals surface area (Å²) in [6.07, 6.45) is 1.77. The van der Waals surface area contributed by atoms with E-state index >= 15 is 0 Å². The van der Waals surface area contributed by atoms with Crippen molar-refractivity contribution in [3.63, 3.8) is 0 Å². The second-order valence-corrected chi connectivity index (χ2v) is 4.28.